The maximum Gasteiger partial charge on any atom is 0.328 e. The Morgan fingerprint density at radius 3 is 2.31 bits per heavy atom. The van der Waals surface area contributed by atoms with Gasteiger partial charge in [0.2, 0.25) is 10.0 Å². The van der Waals surface area contributed by atoms with Gasteiger partial charge in [-0.3, -0.25) is 10.2 Å². The van der Waals surface area contributed by atoms with Crippen LogP contribution in [0.4, 0.5) is 0 Å². The zero-order chi connectivity index (χ0) is 25.8. The van der Waals surface area contributed by atoms with Crippen molar-refractivity contribution in [1.82, 2.24) is 5.32 Å². The first-order valence-corrected chi connectivity index (χ1v) is 12.1. The number of carbonyl (C=O) groups excluding carboxylic acids is 2. The molecule has 0 fully saturated rings. The normalized spacial score (nSPS) is 12.0. The molecule has 0 aliphatic carbocycles. The number of methoxy groups -OCH3 is 1. The van der Waals surface area contributed by atoms with Crippen molar-refractivity contribution in [1.29, 1.82) is 5.41 Å². The summed E-state index contributed by atoms with van der Waals surface area (Å²) in [6.07, 6.45) is 0.138. The van der Waals surface area contributed by atoms with Gasteiger partial charge in [-0.15, -0.1) is 0 Å². The highest BCUT2D eigenvalue weighted by atomic mass is 32.2. The summed E-state index contributed by atoms with van der Waals surface area (Å²) in [6, 6.07) is 16.9. The van der Waals surface area contributed by atoms with E-state index < -0.39 is 27.9 Å². The van der Waals surface area contributed by atoms with Crippen molar-refractivity contribution < 1.29 is 22.7 Å². The second-order valence-corrected chi connectivity index (χ2v) is 9.52. The van der Waals surface area contributed by atoms with Crippen molar-refractivity contribution in [2.45, 2.75) is 24.3 Å². The fraction of sp³-hybridized carbons (Fsp3) is 0.160. The fourth-order valence-electron chi connectivity index (χ4n) is 3.60. The van der Waals surface area contributed by atoms with E-state index in [1.165, 1.54) is 25.3 Å². The standard InChI is InChI=1S/C25H26N4O5S/c1-15-6-11-22(35(28,32)33)20(12-15)17-7-9-18(10-8-17)24(30)29-21(25(31)34-2)14-16-4-3-5-19(13-16)23(26)27/h3-13,21H,14H2,1-2H3,(H3,26,27)(H,29,30)(H2,28,32,33)/t21-/m0/s1. The Kier molecular flexibility index (Phi) is 7.68. The van der Waals surface area contributed by atoms with Crippen LogP contribution >= 0.6 is 0 Å². The smallest absolute Gasteiger partial charge is 0.328 e. The van der Waals surface area contributed by atoms with Crippen LogP contribution in [0.25, 0.3) is 11.1 Å². The summed E-state index contributed by atoms with van der Waals surface area (Å²) in [5.41, 5.74) is 8.85. The Hall–Kier alpha value is -4.02. The van der Waals surface area contributed by atoms with Crippen LogP contribution in [-0.2, 0) is 26.0 Å². The number of benzene rings is 3. The summed E-state index contributed by atoms with van der Waals surface area (Å²) in [4.78, 5) is 25.2. The molecule has 6 N–H and O–H groups in total. The lowest BCUT2D eigenvalue weighted by atomic mass is 10.0. The van der Waals surface area contributed by atoms with Gasteiger partial charge in [-0.25, -0.2) is 18.4 Å². The number of esters is 1. The number of sulfonamides is 1. The van der Waals surface area contributed by atoms with E-state index in [1.807, 2.05) is 6.92 Å². The Morgan fingerprint density at radius 1 is 1.03 bits per heavy atom. The monoisotopic (exact) mass is 494 g/mol. The third-order valence-electron chi connectivity index (χ3n) is 5.37. The molecular weight excluding hydrogens is 468 g/mol. The van der Waals surface area contributed by atoms with Gasteiger partial charge in [0.05, 0.1) is 12.0 Å². The van der Waals surface area contributed by atoms with Crippen LogP contribution in [0.5, 0.6) is 0 Å². The first kappa shape index (κ1) is 25.6. The molecule has 0 radical (unpaired) electrons. The van der Waals surface area contributed by atoms with Gasteiger partial charge in [-0.2, -0.15) is 0 Å². The lowest BCUT2D eigenvalue weighted by molar-refractivity contribution is -0.142. The Morgan fingerprint density at radius 2 is 1.71 bits per heavy atom. The van der Waals surface area contributed by atoms with E-state index in [2.05, 4.69) is 5.32 Å². The summed E-state index contributed by atoms with van der Waals surface area (Å²) in [5.74, 6) is -1.24. The highest BCUT2D eigenvalue weighted by Crippen LogP contribution is 2.28. The fourth-order valence-corrected chi connectivity index (χ4v) is 4.34. The maximum atomic E-state index is 12.9. The summed E-state index contributed by atoms with van der Waals surface area (Å²) < 4.78 is 28.8. The molecule has 3 aromatic carbocycles. The van der Waals surface area contributed by atoms with Gasteiger partial charge in [0.15, 0.2) is 0 Å². The van der Waals surface area contributed by atoms with Crippen molar-refractivity contribution in [3.63, 3.8) is 0 Å². The van der Waals surface area contributed by atoms with E-state index >= 15 is 0 Å². The van der Waals surface area contributed by atoms with E-state index in [9.17, 15) is 18.0 Å². The van der Waals surface area contributed by atoms with Crippen LogP contribution in [0.3, 0.4) is 0 Å². The van der Waals surface area contributed by atoms with Crippen molar-refractivity contribution in [3.8, 4) is 11.1 Å². The lowest BCUT2D eigenvalue weighted by Crippen LogP contribution is -2.43. The number of aryl methyl sites for hydroxylation is 1. The van der Waals surface area contributed by atoms with Crippen LogP contribution in [0, 0.1) is 12.3 Å². The van der Waals surface area contributed by atoms with E-state index in [0.29, 0.717) is 22.3 Å². The second-order valence-electron chi connectivity index (χ2n) is 7.99. The zero-order valence-electron chi connectivity index (χ0n) is 19.2. The number of amidine groups is 1. The van der Waals surface area contributed by atoms with Gasteiger partial charge in [0.1, 0.15) is 11.9 Å². The summed E-state index contributed by atoms with van der Waals surface area (Å²) in [5, 5.41) is 15.6. The number of hydrogen-bond acceptors (Lipinski definition) is 6. The van der Waals surface area contributed by atoms with Crippen LogP contribution in [0.1, 0.15) is 27.0 Å². The summed E-state index contributed by atoms with van der Waals surface area (Å²) in [6.45, 7) is 1.83. The Bertz CT molecular complexity index is 1390. The molecule has 3 aromatic rings. The molecule has 0 saturated heterocycles. The molecule has 0 spiro atoms. The van der Waals surface area contributed by atoms with Crippen molar-refractivity contribution in [3.05, 3.63) is 89.0 Å². The molecule has 0 unspecified atom stereocenters. The largest absolute Gasteiger partial charge is 0.467 e. The van der Waals surface area contributed by atoms with Gasteiger partial charge in [0.25, 0.3) is 5.91 Å². The van der Waals surface area contributed by atoms with Gasteiger partial charge in [-0.05, 0) is 42.3 Å². The molecule has 0 heterocycles. The molecule has 1 amide bonds. The quantitative estimate of drug-likeness (QED) is 0.213. The SMILES string of the molecule is COC(=O)[C@H](Cc1cccc(C(=N)N)c1)NC(=O)c1ccc(-c2cc(C)ccc2S(N)(=O)=O)cc1. The molecular formula is C25H26N4O5S. The molecule has 35 heavy (non-hydrogen) atoms. The van der Waals surface area contributed by atoms with Gasteiger partial charge >= 0.3 is 5.97 Å². The average molecular weight is 495 g/mol. The molecule has 1 atom stereocenters. The second kappa shape index (κ2) is 10.5. The molecule has 182 valence electrons. The van der Waals surface area contributed by atoms with Crippen molar-refractivity contribution in [2.24, 2.45) is 10.9 Å². The Labute approximate surface area is 203 Å². The van der Waals surface area contributed by atoms with Crippen LogP contribution < -0.4 is 16.2 Å². The van der Waals surface area contributed by atoms with E-state index in [-0.39, 0.29) is 22.7 Å². The predicted octanol–water partition coefficient (Wildman–Crippen LogP) is 2.11. The number of nitrogen functional groups attached to an aromatic ring is 1. The molecule has 10 heteroatoms. The van der Waals surface area contributed by atoms with Crippen LogP contribution in [-0.4, -0.2) is 39.3 Å². The van der Waals surface area contributed by atoms with Crippen molar-refractivity contribution >= 4 is 27.7 Å². The molecule has 0 bridgehead atoms. The maximum absolute atomic E-state index is 12.9. The molecule has 3 rings (SSSR count). The lowest BCUT2D eigenvalue weighted by Gasteiger charge is -2.17. The number of carbonyl (C=O) groups is 2. The van der Waals surface area contributed by atoms with E-state index in [4.69, 9.17) is 21.0 Å². The van der Waals surface area contributed by atoms with E-state index in [0.717, 1.165) is 5.56 Å². The van der Waals surface area contributed by atoms with Gasteiger partial charge in [0, 0.05) is 23.1 Å². The van der Waals surface area contributed by atoms with Gasteiger partial charge < -0.3 is 15.8 Å². The average Bonchev–Trinajstić information content (AvgIpc) is 2.82. The number of rotatable bonds is 8. The third kappa shape index (κ3) is 6.31. The molecule has 0 saturated carbocycles. The highest BCUT2D eigenvalue weighted by molar-refractivity contribution is 7.89. The van der Waals surface area contributed by atoms with Crippen LogP contribution in [0.15, 0.2) is 71.6 Å². The Balaban J connectivity index is 1.84. The number of nitrogens with two attached hydrogens (primary N) is 2. The molecule has 0 aromatic heterocycles. The summed E-state index contributed by atoms with van der Waals surface area (Å²) >= 11 is 0. The first-order valence-electron chi connectivity index (χ1n) is 10.6. The van der Waals surface area contributed by atoms with Crippen LogP contribution in [0.2, 0.25) is 0 Å². The minimum atomic E-state index is -3.94. The van der Waals surface area contributed by atoms with E-state index in [1.54, 1.807) is 48.5 Å². The number of hydrogen-bond donors (Lipinski definition) is 4. The summed E-state index contributed by atoms with van der Waals surface area (Å²) in [7, 11) is -2.71. The predicted molar refractivity (Wildman–Crippen MR) is 132 cm³/mol. The van der Waals surface area contributed by atoms with Gasteiger partial charge in [-0.1, -0.05) is 48.0 Å². The number of nitrogens with one attached hydrogen (secondary N) is 2. The number of primary sulfonamides is 1. The third-order valence-corrected chi connectivity index (χ3v) is 6.34. The topological polar surface area (TPSA) is 165 Å². The molecule has 0 aliphatic rings. The minimum Gasteiger partial charge on any atom is -0.467 e. The number of amides is 1. The minimum absolute atomic E-state index is 0.0150. The number of ether oxygens (including phenoxy) is 1. The van der Waals surface area contributed by atoms with Crippen molar-refractivity contribution in [2.75, 3.05) is 7.11 Å². The molecule has 9 nitrogen and oxygen atoms in total. The highest BCUT2D eigenvalue weighted by Gasteiger charge is 2.23. The zero-order valence-corrected chi connectivity index (χ0v) is 20.1. The molecule has 0 aliphatic heterocycles. The first-order chi connectivity index (χ1) is 16.5.